The summed E-state index contributed by atoms with van der Waals surface area (Å²) in [6.45, 7) is 7.17. The summed E-state index contributed by atoms with van der Waals surface area (Å²) < 4.78 is 14.6. The van der Waals surface area contributed by atoms with E-state index in [0.717, 1.165) is 22.8 Å². The number of hydrogen-bond acceptors (Lipinski definition) is 7. The number of amides is 2. The van der Waals surface area contributed by atoms with Gasteiger partial charge in [-0.2, -0.15) is 8.75 Å². The molecule has 0 saturated carbocycles. The largest absolute Gasteiger partial charge is 0.390 e. The molecule has 1 N–H and O–H groups in total. The van der Waals surface area contributed by atoms with Gasteiger partial charge in [-0.25, -0.2) is 4.90 Å². The first-order valence-electron chi connectivity index (χ1n) is 8.64. The number of fused-ring (bicyclic) bond motifs is 6. The van der Waals surface area contributed by atoms with E-state index in [0.29, 0.717) is 17.6 Å². The van der Waals surface area contributed by atoms with Crippen molar-refractivity contribution in [2.75, 3.05) is 4.90 Å². The van der Waals surface area contributed by atoms with E-state index in [1.165, 1.54) is 4.90 Å². The molecule has 5 rings (SSSR count). The van der Waals surface area contributed by atoms with Gasteiger partial charge >= 0.3 is 0 Å². The Morgan fingerprint density at radius 2 is 2.00 bits per heavy atom. The maximum absolute atomic E-state index is 13.5. The Kier molecular flexibility index (Phi) is 2.82. The number of benzene rings is 1. The molecule has 26 heavy (non-hydrogen) atoms. The quantitative estimate of drug-likeness (QED) is 0.767. The Morgan fingerprint density at radius 3 is 2.73 bits per heavy atom. The molecule has 4 heterocycles. The second-order valence-electron chi connectivity index (χ2n) is 8.20. The first-order chi connectivity index (χ1) is 12.1. The lowest BCUT2D eigenvalue weighted by molar-refractivity contribution is -0.144. The molecule has 2 aromatic rings. The van der Waals surface area contributed by atoms with Crippen LogP contribution in [-0.2, 0) is 14.3 Å². The molecule has 0 radical (unpaired) electrons. The van der Waals surface area contributed by atoms with E-state index in [4.69, 9.17) is 4.74 Å². The van der Waals surface area contributed by atoms with Crippen LogP contribution in [0.3, 0.4) is 0 Å². The molecule has 7 nitrogen and oxygen atoms in total. The number of ether oxygens (including phenoxy) is 1. The summed E-state index contributed by atoms with van der Waals surface area (Å²) in [7, 11) is 0. The zero-order valence-corrected chi connectivity index (χ0v) is 15.8. The maximum Gasteiger partial charge on any atom is 0.243 e. The second kappa shape index (κ2) is 4.49. The fourth-order valence-corrected chi connectivity index (χ4v) is 6.03. The van der Waals surface area contributed by atoms with Gasteiger partial charge in [0.1, 0.15) is 16.6 Å². The van der Waals surface area contributed by atoms with Crippen LogP contribution in [0.15, 0.2) is 12.1 Å². The third-order valence-corrected chi connectivity index (χ3v) is 7.45. The van der Waals surface area contributed by atoms with Crippen LogP contribution in [0.1, 0.15) is 32.8 Å². The van der Waals surface area contributed by atoms with Crippen molar-refractivity contribution in [2.45, 2.75) is 51.4 Å². The van der Waals surface area contributed by atoms with Crippen LogP contribution in [0.4, 0.5) is 5.69 Å². The highest BCUT2D eigenvalue weighted by atomic mass is 32.1. The third-order valence-electron chi connectivity index (χ3n) is 6.91. The molecule has 3 aliphatic rings. The SMILES string of the molecule is Cc1c(N2C(=O)[C@H]3C4(C)C[C@@H](O)C(C)(O4)[C@@]3(C)C2=O)ccc2nsnc12. The van der Waals surface area contributed by atoms with Crippen LogP contribution >= 0.6 is 11.7 Å². The molecule has 0 spiro atoms. The van der Waals surface area contributed by atoms with Gasteiger partial charge in [0, 0.05) is 12.0 Å². The molecule has 8 heteroatoms. The lowest BCUT2D eigenvalue weighted by Gasteiger charge is -2.40. The van der Waals surface area contributed by atoms with E-state index < -0.39 is 28.6 Å². The molecule has 2 amide bonds. The van der Waals surface area contributed by atoms with Crippen molar-refractivity contribution >= 4 is 40.3 Å². The van der Waals surface area contributed by atoms with E-state index in [1.54, 1.807) is 26.0 Å². The number of carbonyl (C=O) groups is 2. The number of imide groups is 1. The number of anilines is 1. The predicted molar refractivity (Wildman–Crippen MR) is 94.8 cm³/mol. The van der Waals surface area contributed by atoms with Crippen molar-refractivity contribution < 1.29 is 19.4 Å². The van der Waals surface area contributed by atoms with Crippen LogP contribution < -0.4 is 4.90 Å². The smallest absolute Gasteiger partial charge is 0.243 e. The number of aryl methyl sites for hydroxylation is 1. The minimum Gasteiger partial charge on any atom is -0.390 e. The minimum absolute atomic E-state index is 0.263. The van der Waals surface area contributed by atoms with Gasteiger partial charge < -0.3 is 9.84 Å². The topological polar surface area (TPSA) is 92.6 Å². The number of aliphatic hydroxyl groups is 1. The summed E-state index contributed by atoms with van der Waals surface area (Å²) in [5.74, 6) is -1.19. The van der Waals surface area contributed by atoms with Gasteiger partial charge in [-0.1, -0.05) is 0 Å². The number of hydrogen-bond donors (Lipinski definition) is 1. The number of carbonyl (C=O) groups excluding carboxylic acids is 2. The summed E-state index contributed by atoms with van der Waals surface area (Å²) in [5.41, 5.74) is -0.272. The molecule has 2 unspecified atom stereocenters. The molecule has 1 aromatic heterocycles. The van der Waals surface area contributed by atoms with E-state index in [-0.39, 0.29) is 11.8 Å². The number of aliphatic hydroxyl groups excluding tert-OH is 1. The average Bonchev–Trinajstić information content (AvgIpc) is 3.22. The van der Waals surface area contributed by atoms with Crippen LogP contribution in [0.2, 0.25) is 0 Å². The van der Waals surface area contributed by atoms with Gasteiger partial charge in [-0.15, -0.1) is 0 Å². The van der Waals surface area contributed by atoms with Crippen molar-refractivity contribution in [3.05, 3.63) is 17.7 Å². The van der Waals surface area contributed by atoms with Crippen LogP contribution in [-0.4, -0.2) is 43.0 Å². The van der Waals surface area contributed by atoms with Gasteiger partial charge in [0.05, 0.1) is 40.5 Å². The Labute approximate surface area is 154 Å². The monoisotopic (exact) mass is 373 g/mol. The molecule has 1 aromatic carbocycles. The fraction of sp³-hybridized carbons (Fsp3) is 0.556. The van der Waals surface area contributed by atoms with Crippen molar-refractivity contribution in [1.82, 2.24) is 8.75 Å². The zero-order chi connectivity index (χ0) is 18.6. The number of aromatic nitrogens is 2. The van der Waals surface area contributed by atoms with Gasteiger partial charge in [-0.05, 0) is 39.8 Å². The van der Waals surface area contributed by atoms with Crippen LogP contribution in [0, 0.1) is 18.3 Å². The summed E-state index contributed by atoms with van der Waals surface area (Å²) in [4.78, 5) is 28.2. The first kappa shape index (κ1) is 16.3. The van der Waals surface area contributed by atoms with Gasteiger partial charge in [0.15, 0.2) is 0 Å². The van der Waals surface area contributed by atoms with Gasteiger partial charge in [-0.3, -0.25) is 9.59 Å². The summed E-state index contributed by atoms with van der Waals surface area (Å²) in [6.07, 6.45) is -0.429. The van der Waals surface area contributed by atoms with E-state index >= 15 is 0 Å². The highest BCUT2D eigenvalue weighted by molar-refractivity contribution is 7.00. The summed E-state index contributed by atoms with van der Waals surface area (Å²) in [5, 5.41) is 10.6. The normalized spacial score (nSPS) is 41.5. The Balaban J connectivity index is 1.71. The van der Waals surface area contributed by atoms with Gasteiger partial charge in [0.25, 0.3) is 0 Å². The van der Waals surface area contributed by atoms with Crippen LogP contribution in [0.5, 0.6) is 0 Å². The predicted octanol–water partition coefficient (Wildman–Crippen LogP) is 1.81. The lowest BCUT2D eigenvalue weighted by Crippen LogP contribution is -2.57. The Morgan fingerprint density at radius 1 is 1.27 bits per heavy atom. The van der Waals surface area contributed by atoms with E-state index in [2.05, 4.69) is 8.75 Å². The molecular formula is C18H19N3O4S. The Bertz CT molecular complexity index is 1010. The van der Waals surface area contributed by atoms with E-state index in [1.807, 2.05) is 13.8 Å². The summed E-state index contributed by atoms with van der Waals surface area (Å²) in [6, 6.07) is 3.53. The zero-order valence-electron chi connectivity index (χ0n) is 14.9. The highest BCUT2D eigenvalue weighted by Gasteiger charge is 2.81. The second-order valence-corrected chi connectivity index (χ2v) is 8.73. The molecule has 0 aliphatic carbocycles. The van der Waals surface area contributed by atoms with Gasteiger partial charge in [0.2, 0.25) is 11.8 Å². The molecule has 5 atom stereocenters. The molecule has 136 valence electrons. The Hall–Kier alpha value is -1.90. The molecule has 3 saturated heterocycles. The lowest BCUT2D eigenvalue weighted by atomic mass is 9.58. The maximum atomic E-state index is 13.5. The van der Waals surface area contributed by atoms with Crippen molar-refractivity contribution in [3.63, 3.8) is 0 Å². The fourth-order valence-electron chi connectivity index (χ4n) is 5.44. The molecular weight excluding hydrogens is 354 g/mol. The molecule has 3 fully saturated rings. The third kappa shape index (κ3) is 1.50. The van der Waals surface area contributed by atoms with Crippen molar-refractivity contribution in [2.24, 2.45) is 11.3 Å². The average molecular weight is 373 g/mol. The van der Waals surface area contributed by atoms with Crippen molar-refractivity contribution in [1.29, 1.82) is 0 Å². The first-order valence-corrected chi connectivity index (χ1v) is 9.37. The molecule has 3 aliphatic heterocycles. The standard InChI is InChI=1S/C18H19N3O4S/c1-8-10(6-5-9-12(8)20-26-19-9)21-14(23)13-16(2)7-11(22)18(4,25-16)17(13,3)15(21)24/h5-6,11,13,22H,7H2,1-4H3/t11-,13+,16?,17-,18?/m1/s1. The van der Waals surface area contributed by atoms with Crippen molar-refractivity contribution in [3.8, 4) is 0 Å². The number of nitrogens with zero attached hydrogens (tertiary/aromatic N) is 3. The number of rotatable bonds is 1. The highest BCUT2D eigenvalue weighted by Crippen LogP contribution is 2.67. The van der Waals surface area contributed by atoms with Crippen LogP contribution in [0.25, 0.3) is 11.0 Å². The minimum atomic E-state index is -1.10. The molecule has 2 bridgehead atoms. The summed E-state index contributed by atoms with van der Waals surface area (Å²) >= 11 is 1.10. The van der Waals surface area contributed by atoms with E-state index in [9.17, 15) is 14.7 Å².